The Hall–Kier alpha value is -0.870. The first-order chi connectivity index (χ1) is 12.8. The molecule has 3 heterocycles. The van der Waals surface area contributed by atoms with Crippen LogP contribution in [0.4, 0.5) is 0 Å². The van der Waals surface area contributed by atoms with Crippen molar-refractivity contribution in [3.8, 4) is 0 Å². The van der Waals surface area contributed by atoms with Crippen LogP contribution in [0.15, 0.2) is 17.4 Å². The Bertz CT molecular complexity index is 574. The van der Waals surface area contributed by atoms with Crippen LogP contribution in [0.2, 0.25) is 0 Å². The molecule has 0 aliphatic carbocycles. The Morgan fingerprint density at radius 1 is 1.37 bits per heavy atom. The molecule has 1 aromatic heterocycles. The van der Waals surface area contributed by atoms with Crippen molar-refractivity contribution < 1.29 is 9.47 Å². The fourth-order valence-electron chi connectivity index (χ4n) is 3.75. The minimum Gasteiger partial charge on any atom is -0.381 e. The summed E-state index contributed by atoms with van der Waals surface area (Å²) in [6.07, 6.45) is 8.54. The molecule has 154 valence electrons. The minimum absolute atomic E-state index is 0. The molecule has 7 nitrogen and oxygen atoms in total. The maximum absolute atomic E-state index is 5.83. The number of aryl methyl sites for hydroxylation is 1. The number of aliphatic imine (C=N–C) groups is 1. The second-order valence-corrected chi connectivity index (χ2v) is 7.34. The van der Waals surface area contributed by atoms with E-state index in [9.17, 15) is 0 Å². The van der Waals surface area contributed by atoms with Gasteiger partial charge in [0, 0.05) is 72.3 Å². The summed E-state index contributed by atoms with van der Waals surface area (Å²) in [5.74, 6) is 2.23. The van der Waals surface area contributed by atoms with Crippen molar-refractivity contribution in [2.45, 2.75) is 31.6 Å². The third-order valence-corrected chi connectivity index (χ3v) is 5.34. The first-order valence-electron chi connectivity index (χ1n) is 9.86. The quantitative estimate of drug-likeness (QED) is 0.275. The lowest BCUT2D eigenvalue weighted by Crippen LogP contribution is -2.40. The van der Waals surface area contributed by atoms with Gasteiger partial charge in [0.1, 0.15) is 0 Å². The first-order valence-corrected chi connectivity index (χ1v) is 9.86. The number of likely N-dealkylation sites (tertiary alicyclic amines) is 1. The number of halogens is 1. The Balaban J connectivity index is 0.00000261. The maximum Gasteiger partial charge on any atom is 0.193 e. The van der Waals surface area contributed by atoms with Gasteiger partial charge in [0.05, 0.1) is 6.20 Å². The lowest BCUT2D eigenvalue weighted by atomic mass is 10.0. The van der Waals surface area contributed by atoms with Gasteiger partial charge in [-0.15, -0.1) is 24.0 Å². The van der Waals surface area contributed by atoms with Crippen LogP contribution in [-0.4, -0.2) is 73.7 Å². The largest absolute Gasteiger partial charge is 0.381 e. The molecule has 1 N–H and O–H groups in total. The highest BCUT2D eigenvalue weighted by atomic mass is 127. The van der Waals surface area contributed by atoms with Gasteiger partial charge in [-0.3, -0.25) is 9.67 Å². The molecule has 0 bridgehead atoms. The summed E-state index contributed by atoms with van der Waals surface area (Å²) >= 11 is 0. The molecule has 8 heteroatoms. The predicted molar refractivity (Wildman–Crippen MR) is 118 cm³/mol. The molecule has 0 saturated carbocycles. The van der Waals surface area contributed by atoms with Crippen molar-refractivity contribution in [1.82, 2.24) is 20.0 Å². The van der Waals surface area contributed by atoms with Crippen LogP contribution in [-0.2, 0) is 16.5 Å². The topological polar surface area (TPSA) is 63.9 Å². The zero-order valence-electron chi connectivity index (χ0n) is 16.6. The molecule has 2 fully saturated rings. The van der Waals surface area contributed by atoms with Gasteiger partial charge in [-0.05, 0) is 37.2 Å². The number of ether oxygens (including phenoxy) is 2. The average molecular weight is 491 g/mol. The summed E-state index contributed by atoms with van der Waals surface area (Å²) in [7, 11) is 3.84. The summed E-state index contributed by atoms with van der Waals surface area (Å²) in [5.41, 5.74) is 1.33. The zero-order valence-corrected chi connectivity index (χ0v) is 18.9. The molecule has 0 radical (unpaired) electrons. The Morgan fingerprint density at radius 3 is 2.89 bits per heavy atom. The molecule has 27 heavy (non-hydrogen) atoms. The van der Waals surface area contributed by atoms with Gasteiger partial charge >= 0.3 is 0 Å². The smallest absolute Gasteiger partial charge is 0.193 e. The van der Waals surface area contributed by atoms with Crippen LogP contribution in [0.1, 0.15) is 37.2 Å². The van der Waals surface area contributed by atoms with Crippen LogP contribution in [0, 0.1) is 5.92 Å². The monoisotopic (exact) mass is 491 g/mol. The predicted octanol–water partition coefficient (Wildman–Crippen LogP) is 2.24. The van der Waals surface area contributed by atoms with Crippen molar-refractivity contribution in [3.63, 3.8) is 0 Å². The van der Waals surface area contributed by atoms with Crippen LogP contribution in [0.3, 0.4) is 0 Å². The third-order valence-electron chi connectivity index (χ3n) is 5.34. The van der Waals surface area contributed by atoms with Crippen molar-refractivity contribution in [2.75, 3.05) is 53.1 Å². The second kappa shape index (κ2) is 11.9. The van der Waals surface area contributed by atoms with Crippen molar-refractivity contribution in [1.29, 1.82) is 0 Å². The van der Waals surface area contributed by atoms with Crippen LogP contribution in [0.5, 0.6) is 0 Å². The average Bonchev–Trinajstić information content (AvgIpc) is 3.31. The molecule has 2 aliphatic heterocycles. The van der Waals surface area contributed by atoms with Gasteiger partial charge in [-0.25, -0.2) is 0 Å². The number of guanidine groups is 1. The molecule has 0 aromatic carbocycles. The lowest BCUT2D eigenvalue weighted by Gasteiger charge is -2.22. The van der Waals surface area contributed by atoms with Gasteiger partial charge in [0.15, 0.2) is 5.96 Å². The van der Waals surface area contributed by atoms with Crippen LogP contribution >= 0.6 is 24.0 Å². The summed E-state index contributed by atoms with van der Waals surface area (Å²) in [6.45, 7) is 6.40. The van der Waals surface area contributed by atoms with E-state index in [1.807, 2.05) is 25.0 Å². The fourth-order valence-corrected chi connectivity index (χ4v) is 3.75. The fraction of sp³-hybridized carbons (Fsp3) is 0.789. The van der Waals surface area contributed by atoms with E-state index in [-0.39, 0.29) is 24.0 Å². The zero-order chi connectivity index (χ0) is 18.2. The van der Waals surface area contributed by atoms with E-state index < -0.39 is 0 Å². The van der Waals surface area contributed by atoms with E-state index in [4.69, 9.17) is 9.47 Å². The highest BCUT2D eigenvalue weighted by molar-refractivity contribution is 14.0. The second-order valence-electron chi connectivity index (χ2n) is 7.34. The van der Waals surface area contributed by atoms with Gasteiger partial charge in [-0.1, -0.05) is 0 Å². The normalized spacial score (nSPS) is 21.3. The van der Waals surface area contributed by atoms with Gasteiger partial charge in [0.2, 0.25) is 0 Å². The number of aromatic nitrogens is 2. The van der Waals surface area contributed by atoms with E-state index in [0.717, 1.165) is 77.7 Å². The van der Waals surface area contributed by atoms with E-state index >= 15 is 0 Å². The first kappa shape index (κ1) is 22.4. The molecule has 1 aromatic rings. The number of rotatable bonds is 7. The van der Waals surface area contributed by atoms with Crippen molar-refractivity contribution in [2.24, 2.45) is 18.0 Å². The Morgan fingerprint density at radius 2 is 2.19 bits per heavy atom. The van der Waals surface area contributed by atoms with Gasteiger partial charge < -0.3 is 19.7 Å². The maximum atomic E-state index is 5.83. The Kier molecular flexibility index (Phi) is 9.84. The molecule has 0 spiro atoms. The molecular weight excluding hydrogens is 457 g/mol. The molecule has 2 aliphatic rings. The van der Waals surface area contributed by atoms with E-state index in [1.54, 1.807) is 0 Å². The standard InChI is InChI=1S/C19H33N5O2.HI/c1-20-19(21-7-3-9-26-15-16-5-10-25-11-6-16)24-8-4-17(14-24)18-12-22-23(2)13-18;/h12-13,16-17H,3-11,14-15H2,1-2H3,(H,20,21);1H. The number of nitrogens with one attached hydrogen (secondary N) is 1. The lowest BCUT2D eigenvalue weighted by molar-refractivity contribution is 0.0203. The SMILES string of the molecule is CN=C(NCCCOCC1CCOCC1)N1CCC(c2cnn(C)c2)C1.I. The van der Waals surface area contributed by atoms with Gasteiger partial charge in [0.25, 0.3) is 0 Å². The van der Waals surface area contributed by atoms with Crippen molar-refractivity contribution >= 4 is 29.9 Å². The molecule has 0 amide bonds. The minimum atomic E-state index is 0. The van der Waals surface area contributed by atoms with Gasteiger partial charge in [-0.2, -0.15) is 5.10 Å². The summed E-state index contributed by atoms with van der Waals surface area (Å²) in [4.78, 5) is 6.80. The summed E-state index contributed by atoms with van der Waals surface area (Å²) < 4.78 is 13.1. The van der Waals surface area contributed by atoms with E-state index in [0.29, 0.717) is 11.8 Å². The van der Waals surface area contributed by atoms with Crippen molar-refractivity contribution in [3.05, 3.63) is 18.0 Å². The van der Waals surface area contributed by atoms with Crippen LogP contribution in [0.25, 0.3) is 0 Å². The highest BCUT2D eigenvalue weighted by Crippen LogP contribution is 2.26. The van der Waals surface area contributed by atoms with E-state index in [1.165, 1.54) is 5.56 Å². The molecule has 3 rings (SSSR count). The molecule has 1 atom stereocenters. The third kappa shape index (κ3) is 6.90. The Labute approximate surface area is 179 Å². The molecule has 2 saturated heterocycles. The number of hydrogen-bond donors (Lipinski definition) is 1. The summed E-state index contributed by atoms with van der Waals surface area (Å²) in [6, 6.07) is 0. The summed E-state index contributed by atoms with van der Waals surface area (Å²) in [5, 5.41) is 7.78. The highest BCUT2D eigenvalue weighted by Gasteiger charge is 2.26. The van der Waals surface area contributed by atoms with E-state index in [2.05, 4.69) is 26.5 Å². The molecule has 1 unspecified atom stereocenters. The number of nitrogens with zero attached hydrogens (tertiary/aromatic N) is 4. The number of hydrogen-bond acceptors (Lipinski definition) is 4. The van der Waals surface area contributed by atoms with Crippen LogP contribution < -0.4 is 5.32 Å². The molecular formula is C19H34IN5O2.